The Morgan fingerprint density at radius 3 is 2.05 bits per heavy atom. The molecule has 0 fully saturated rings. The highest BCUT2D eigenvalue weighted by atomic mass is 35.5. The molecule has 0 aliphatic carbocycles. The highest BCUT2D eigenvalue weighted by Gasteiger charge is 2.11. The zero-order valence-electron chi connectivity index (χ0n) is 10.5. The van der Waals surface area contributed by atoms with E-state index in [1.165, 1.54) is 35.0 Å². The molecule has 21 heavy (non-hydrogen) atoms. The minimum Gasteiger partial charge on any atom is -0.222 e. The molecule has 3 aromatic rings. The number of hydrogen-bond acceptors (Lipinski definition) is 1. The molecular formula is C15H8ClF3N2. The summed E-state index contributed by atoms with van der Waals surface area (Å²) < 4.78 is 40.8. The smallest absolute Gasteiger partial charge is 0.133 e. The number of hydrogen-bond donors (Lipinski definition) is 0. The molecule has 0 saturated carbocycles. The Bertz CT molecular complexity index is 777. The van der Waals surface area contributed by atoms with Gasteiger partial charge in [-0.05, 0) is 36.4 Å². The lowest BCUT2D eigenvalue weighted by Crippen LogP contribution is -1.96. The first kappa shape index (κ1) is 13.7. The van der Waals surface area contributed by atoms with Gasteiger partial charge in [-0.1, -0.05) is 11.6 Å². The largest absolute Gasteiger partial charge is 0.222 e. The summed E-state index contributed by atoms with van der Waals surface area (Å²) in [5, 5.41) is 4.44. The standard InChI is InChI=1S/C15H8ClF3N2/c16-15-8-14(9-5-11(18)7-12(19)6-9)20-21(15)13-3-1-10(17)2-4-13/h1-8H. The fourth-order valence-corrected chi connectivity index (χ4v) is 2.20. The summed E-state index contributed by atoms with van der Waals surface area (Å²) >= 11 is 6.07. The zero-order chi connectivity index (χ0) is 15.0. The molecule has 1 aromatic heterocycles. The molecule has 0 N–H and O–H groups in total. The maximum absolute atomic E-state index is 13.2. The minimum absolute atomic E-state index is 0.251. The fraction of sp³-hybridized carbons (Fsp3) is 0. The highest BCUT2D eigenvalue weighted by molar-refractivity contribution is 6.30. The van der Waals surface area contributed by atoms with Crippen LogP contribution in [-0.4, -0.2) is 9.78 Å². The van der Waals surface area contributed by atoms with Crippen molar-refractivity contribution in [2.24, 2.45) is 0 Å². The molecule has 3 rings (SSSR count). The topological polar surface area (TPSA) is 17.8 Å². The van der Waals surface area contributed by atoms with E-state index in [0.29, 0.717) is 11.4 Å². The van der Waals surface area contributed by atoms with Crippen LogP contribution in [0.4, 0.5) is 13.2 Å². The van der Waals surface area contributed by atoms with Crippen molar-refractivity contribution in [1.82, 2.24) is 9.78 Å². The maximum atomic E-state index is 13.2. The lowest BCUT2D eigenvalue weighted by atomic mass is 10.1. The SMILES string of the molecule is Fc1ccc(-n2nc(-c3cc(F)cc(F)c3)cc2Cl)cc1. The molecule has 0 aliphatic rings. The average Bonchev–Trinajstić information content (AvgIpc) is 2.81. The van der Waals surface area contributed by atoms with Gasteiger partial charge in [-0.25, -0.2) is 17.9 Å². The van der Waals surface area contributed by atoms with Crippen LogP contribution in [0.15, 0.2) is 48.5 Å². The van der Waals surface area contributed by atoms with Crippen LogP contribution in [0.25, 0.3) is 16.9 Å². The quantitative estimate of drug-likeness (QED) is 0.676. The van der Waals surface area contributed by atoms with Crippen LogP contribution in [0.1, 0.15) is 0 Å². The summed E-state index contributed by atoms with van der Waals surface area (Å²) in [6.45, 7) is 0. The van der Waals surface area contributed by atoms with Crippen molar-refractivity contribution in [2.75, 3.05) is 0 Å². The second kappa shape index (κ2) is 5.26. The van der Waals surface area contributed by atoms with Gasteiger partial charge in [0.1, 0.15) is 22.6 Å². The molecule has 0 atom stereocenters. The second-order valence-electron chi connectivity index (χ2n) is 4.40. The van der Waals surface area contributed by atoms with E-state index in [2.05, 4.69) is 5.10 Å². The van der Waals surface area contributed by atoms with Gasteiger partial charge in [-0.15, -0.1) is 0 Å². The molecule has 2 nitrogen and oxygen atoms in total. The Labute approximate surface area is 123 Å². The first-order valence-electron chi connectivity index (χ1n) is 6.01. The van der Waals surface area contributed by atoms with Gasteiger partial charge in [0.15, 0.2) is 0 Å². The molecular weight excluding hydrogens is 301 g/mol. The Hall–Kier alpha value is -2.27. The maximum Gasteiger partial charge on any atom is 0.133 e. The van der Waals surface area contributed by atoms with E-state index in [1.54, 1.807) is 0 Å². The Kier molecular flexibility index (Phi) is 3.43. The van der Waals surface area contributed by atoms with Crippen LogP contribution in [0.2, 0.25) is 5.15 Å². The normalized spacial score (nSPS) is 10.9. The fourth-order valence-electron chi connectivity index (χ4n) is 1.96. The van der Waals surface area contributed by atoms with Crippen molar-refractivity contribution in [3.63, 3.8) is 0 Å². The number of benzene rings is 2. The van der Waals surface area contributed by atoms with Crippen LogP contribution in [0.3, 0.4) is 0 Å². The molecule has 2 aromatic carbocycles. The Morgan fingerprint density at radius 1 is 0.810 bits per heavy atom. The van der Waals surface area contributed by atoms with Crippen molar-refractivity contribution in [1.29, 1.82) is 0 Å². The van der Waals surface area contributed by atoms with Gasteiger partial charge >= 0.3 is 0 Å². The third kappa shape index (κ3) is 2.78. The predicted molar refractivity (Wildman–Crippen MR) is 73.9 cm³/mol. The first-order chi connectivity index (χ1) is 10.0. The first-order valence-corrected chi connectivity index (χ1v) is 6.39. The zero-order valence-corrected chi connectivity index (χ0v) is 11.3. The van der Waals surface area contributed by atoms with Crippen LogP contribution in [0.5, 0.6) is 0 Å². The molecule has 106 valence electrons. The van der Waals surface area contributed by atoms with E-state index in [1.807, 2.05) is 0 Å². The van der Waals surface area contributed by atoms with Crippen LogP contribution < -0.4 is 0 Å². The summed E-state index contributed by atoms with van der Waals surface area (Å²) in [7, 11) is 0. The molecule has 0 bridgehead atoms. The molecule has 0 radical (unpaired) electrons. The monoisotopic (exact) mass is 308 g/mol. The third-order valence-electron chi connectivity index (χ3n) is 2.90. The summed E-state index contributed by atoms with van der Waals surface area (Å²) in [4.78, 5) is 0. The van der Waals surface area contributed by atoms with Gasteiger partial charge in [-0.3, -0.25) is 0 Å². The minimum atomic E-state index is -0.697. The van der Waals surface area contributed by atoms with Crippen molar-refractivity contribution >= 4 is 11.6 Å². The number of halogens is 4. The lowest BCUT2D eigenvalue weighted by molar-refractivity contribution is 0.584. The molecule has 0 saturated heterocycles. The van der Waals surface area contributed by atoms with Crippen molar-refractivity contribution < 1.29 is 13.2 Å². The Balaban J connectivity index is 2.07. The van der Waals surface area contributed by atoms with Crippen molar-refractivity contribution in [3.8, 4) is 16.9 Å². The van der Waals surface area contributed by atoms with Gasteiger partial charge in [-0.2, -0.15) is 5.10 Å². The molecule has 0 spiro atoms. The molecule has 0 amide bonds. The summed E-state index contributed by atoms with van der Waals surface area (Å²) in [5.41, 5.74) is 1.14. The number of aromatic nitrogens is 2. The van der Waals surface area contributed by atoms with Crippen LogP contribution in [0, 0.1) is 17.5 Å². The van der Waals surface area contributed by atoms with Gasteiger partial charge in [0.05, 0.1) is 11.4 Å². The third-order valence-corrected chi connectivity index (χ3v) is 3.16. The van der Waals surface area contributed by atoms with Crippen LogP contribution in [-0.2, 0) is 0 Å². The molecule has 0 unspecified atom stereocenters. The predicted octanol–water partition coefficient (Wildman–Crippen LogP) is 4.61. The molecule has 0 aliphatic heterocycles. The van der Waals surface area contributed by atoms with E-state index in [4.69, 9.17) is 11.6 Å². The summed E-state index contributed by atoms with van der Waals surface area (Å²) in [5.74, 6) is -1.77. The summed E-state index contributed by atoms with van der Waals surface area (Å²) in [6.07, 6.45) is 0. The van der Waals surface area contributed by atoms with E-state index in [0.717, 1.165) is 18.2 Å². The second-order valence-corrected chi connectivity index (χ2v) is 4.79. The van der Waals surface area contributed by atoms with Crippen molar-refractivity contribution in [2.45, 2.75) is 0 Å². The van der Waals surface area contributed by atoms with Gasteiger partial charge in [0.25, 0.3) is 0 Å². The van der Waals surface area contributed by atoms with Gasteiger partial charge < -0.3 is 0 Å². The average molecular weight is 309 g/mol. The highest BCUT2D eigenvalue weighted by Crippen LogP contribution is 2.26. The van der Waals surface area contributed by atoms with Crippen LogP contribution >= 0.6 is 11.6 Å². The Morgan fingerprint density at radius 2 is 1.43 bits per heavy atom. The number of rotatable bonds is 2. The molecule has 6 heteroatoms. The number of nitrogens with zero attached hydrogens (tertiary/aromatic N) is 2. The van der Waals surface area contributed by atoms with Gasteiger partial charge in [0.2, 0.25) is 0 Å². The van der Waals surface area contributed by atoms with E-state index in [-0.39, 0.29) is 16.5 Å². The molecule has 1 heterocycles. The van der Waals surface area contributed by atoms with E-state index in [9.17, 15) is 13.2 Å². The van der Waals surface area contributed by atoms with Crippen molar-refractivity contribution in [3.05, 3.63) is 71.1 Å². The lowest BCUT2D eigenvalue weighted by Gasteiger charge is -2.02. The van der Waals surface area contributed by atoms with E-state index < -0.39 is 11.6 Å². The van der Waals surface area contributed by atoms with Gasteiger partial charge in [0, 0.05) is 17.7 Å². The summed E-state index contributed by atoms with van der Waals surface area (Å²) in [6, 6.07) is 10.1. The van der Waals surface area contributed by atoms with E-state index >= 15 is 0 Å².